The Bertz CT molecular complexity index is 653. The van der Waals surface area contributed by atoms with Gasteiger partial charge in [0.15, 0.2) is 9.84 Å². The lowest BCUT2D eigenvalue weighted by Gasteiger charge is -2.55. The van der Waals surface area contributed by atoms with E-state index in [4.69, 9.17) is 0 Å². The molecule has 2 fully saturated rings. The van der Waals surface area contributed by atoms with Gasteiger partial charge in [-0.2, -0.15) is 0 Å². The number of sulfone groups is 1. The summed E-state index contributed by atoms with van der Waals surface area (Å²) in [4.78, 5) is 5.45. The summed E-state index contributed by atoms with van der Waals surface area (Å²) in [6.07, 6.45) is 3.80. The highest BCUT2D eigenvalue weighted by Gasteiger charge is 2.45. The van der Waals surface area contributed by atoms with E-state index >= 15 is 0 Å². The fourth-order valence-corrected chi connectivity index (χ4v) is 4.51. The van der Waals surface area contributed by atoms with Crippen LogP contribution in [-0.4, -0.2) is 56.7 Å². The highest BCUT2D eigenvalue weighted by Crippen LogP contribution is 2.41. The third-order valence-electron chi connectivity index (χ3n) is 5.46. The lowest BCUT2D eigenvalue weighted by atomic mass is 9.71. The largest absolute Gasteiger partial charge is 0.300 e. The van der Waals surface area contributed by atoms with Crippen molar-refractivity contribution in [2.24, 2.45) is 5.41 Å². The SMILES string of the molecule is CC(C)N1CC2(CCN(Cc3cccc(S(C)(=O)=O)c3)CC2)C1. The van der Waals surface area contributed by atoms with E-state index in [1.165, 1.54) is 32.2 Å². The lowest BCUT2D eigenvalue weighted by Crippen LogP contribution is -2.61. The predicted molar refractivity (Wildman–Crippen MR) is 93.2 cm³/mol. The molecular weight excluding hydrogens is 308 g/mol. The maximum Gasteiger partial charge on any atom is 0.175 e. The minimum Gasteiger partial charge on any atom is -0.300 e. The molecule has 0 unspecified atom stereocenters. The van der Waals surface area contributed by atoms with Crippen molar-refractivity contribution in [3.8, 4) is 0 Å². The van der Waals surface area contributed by atoms with Crippen LogP contribution in [0.5, 0.6) is 0 Å². The van der Waals surface area contributed by atoms with Gasteiger partial charge >= 0.3 is 0 Å². The fraction of sp³-hybridized carbons (Fsp3) is 0.667. The first kappa shape index (κ1) is 16.9. The monoisotopic (exact) mass is 336 g/mol. The highest BCUT2D eigenvalue weighted by atomic mass is 32.2. The second-order valence-electron chi connectivity index (χ2n) is 7.69. The molecule has 23 heavy (non-hydrogen) atoms. The van der Waals surface area contributed by atoms with Crippen LogP contribution in [0, 0.1) is 5.41 Å². The summed E-state index contributed by atoms with van der Waals surface area (Å²) in [6, 6.07) is 8.05. The molecular formula is C18H28N2O2S. The van der Waals surface area contributed by atoms with Crippen LogP contribution < -0.4 is 0 Å². The van der Waals surface area contributed by atoms with Crippen molar-refractivity contribution in [3.05, 3.63) is 29.8 Å². The van der Waals surface area contributed by atoms with Crippen molar-refractivity contribution in [2.45, 2.75) is 44.2 Å². The van der Waals surface area contributed by atoms with Crippen molar-refractivity contribution in [3.63, 3.8) is 0 Å². The topological polar surface area (TPSA) is 40.6 Å². The van der Waals surface area contributed by atoms with Crippen LogP contribution in [0.3, 0.4) is 0 Å². The first-order valence-electron chi connectivity index (χ1n) is 8.53. The molecule has 1 aromatic carbocycles. The summed E-state index contributed by atoms with van der Waals surface area (Å²) in [6.45, 7) is 10.1. The zero-order valence-corrected chi connectivity index (χ0v) is 15.3. The molecule has 2 aliphatic rings. The van der Waals surface area contributed by atoms with Crippen LogP contribution in [0.1, 0.15) is 32.3 Å². The summed E-state index contributed by atoms with van der Waals surface area (Å²) >= 11 is 0. The molecule has 2 heterocycles. The van der Waals surface area contributed by atoms with E-state index in [2.05, 4.69) is 23.6 Å². The van der Waals surface area contributed by atoms with Crippen molar-refractivity contribution in [1.29, 1.82) is 0 Å². The lowest BCUT2D eigenvalue weighted by molar-refractivity contribution is -0.0633. The van der Waals surface area contributed by atoms with Gasteiger partial charge in [0.25, 0.3) is 0 Å². The molecule has 0 atom stereocenters. The van der Waals surface area contributed by atoms with E-state index in [0.29, 0.717) is 16.4 Å². The van der Waals surface area contributed by atoms with Gasteiger partial charge in [0.05, 0.1) is 4.90 Å². The van der Waals surface area contributed by atoms with Crippen LogP contribution >= 0.6 is 0 Å². The first-order valence-corrected chi connectivity index (χ1v) is 10.4. The number of hydrogen-bond donors (Lipinski definition) is 0. The van der Waals surface area contributed by atoms with Gasteiger partial charge in [-0.25, -0.2) is 8.42 Å². The molecule has 0 N–H and O–H groups in total. The Morgan fingerprint density at radius 2 is 1.83 bits per heavy atom. The van der Waals surface area contributed by atoms with Crippen LogP contribution in [0.15, 0.2) is 29.2 Å². The minimum absolute atomic E-state index is 0.426. The number of nitrogens with zero attached hydrogens (tertiary/aromatic N) is 2. The third kappa shape index (κ3) is 3.78. The molecule has 0 aliphatic carbocycles. The molecule has 5 heteroatoms. The van der Waals surface area contributed by atoms with Gasteiger partial charge in [-0.15, -0.1) is 0 Å². The van der Waals surface area contributed by atoms with E-state index in [0.717, 1.165) is 25.2 Å². The number of piperidine rings is 1. The zero-order chi connectivity index (χ0) is 16.7. The average molecular weight is 337 g/mol. The quantitative estimate of drug-likeness (QED) is 0.846. The number of benzene rings is 1. The minimum atomic E-state index is -3.12. The van der Waals surface area contributed by atoms with Crippen LogP contribution in [0.25, 0.3) is 0 Å². The van der Waals surface area contributed by atoms with Crippen molar-refractivity contribution < 1.29 is 8.42 Å². The van der Waals surface area contributed by atoms with Gasteiger partial charge in [-0.1, -0.05) is 12.1 Å². The third-order valence-corrected chi connectivity index (χ3v) is 6.57. The highest BCUT2D eigenvalue weighted by molar-refractivity contribution is 7.90. The Morgan fingerprint density at radius 1 is 1.17 bits per heavy atom. The molecule has 2 saturated heterocycles. The van der Waals surface area contributed by atoms with Crippen LogP contribution in [0.4, 0.5) is 0 Å². The molecule has 0 radical (unpaired) electrons. The number of hydrogen-bond acceptors (Lipinski definition) is 4. The fourth-order valence-electron chi connectivity index (χ4n) is 3.81. The Labute approximate surface area is 140 Å². The Morgan fingerprint density at radius 3 is 2.39 bits per heavy atom. The molecule has 1 aromatic rings. The molecule has 1 spiro atoms. The normalized spacial score (nSPS) is 22.4. The van der Waals surface area contributed by atoms with E-state index < -0.39 is 9.84 Å². The summed E-state index contributed by atoms with van der Waals surface area (Å²) < 4.78 is 23.4. The summed E-state index contributed by atoms with van der Waals surface area (Å²) in [5.41, 5.74) is 1.65. The predicted octanol–water partition coefficient (Wildman–Crippen LogP) is 2.40. The Hall–Kier alpha value is -0.910. The maximum absolute atomic E-state index is 11.7. The second-order valence-corrected chi connectivity index (χ2v) is 9.71. The Kier molecular flexibility index (Phi) is 4.55. The average Bonchev–Trinajstić information content (AvgIpc) is 2.45. The van der Waals surface area contributed by atoms with Gasteiger partial charge < -0.3 is 0 Å². The molecule has 128 valence electrons. The van der Waals surface area contributed by atoms with Gasteiger partial charge in [0.1, 0.15) is 0 Å². The van der Waals surface area contributed by atoms with Crippen molar-refractivity contribution >= 4 is 9.84 Å². The molecule has 4 nitrogen and oxygen atoms in total. The molecule has 3 rings (SSSR count). The van der Waals surface area contributed by atoms with E-state index in [1.54, 1.807) is 6.07 Å². The van der Waals surface area contributed by atoms with Crippen molar-refractivity contribution in [1.82, 2.24) is 9.80 Å². The standard InChI is InChI=1S/C18H28N2O2S/c1-15(2)20-13-18(14-20)7-9-19(10-8-18)12-16-5-4-6-17(11-16)23(3,21)22/h4-6,11,15H,7-10,12-14H2,1-3H3. The number of likely N-dealkylation sites (tertiary alicyclic amines) is 2. The molecule has 0 bridgehead atoms. The van der Waals surface area contributed by atoms with Gasteiger partial charge in [-0.3, -0.25) is 9.80 Å². The summed E-state index contributed by atoms with van der Waals surface area (Å²) in [7, 11) is -3.12. The van der Waals surface area contributed by atoms with Crippen molar-refractivity contribution in [2.75, 3.05) is 32.4 Å². The Balaban J connectivity index is 1.56. The summed E-state index contributed by atoms with van der Waals surface area (Å²) in [5.74, 6) is 0. The summed E-state index contributed by atoms with van der Waals surface area (Å²) in [5, 5.41) is 0. The molecule has 0 aromatic heterocycles. The zero-order valence-electron chi connectivity index (χ0n) is 14.5. The van der Waals surface area contributed by atoms with Gasteiger partial charge in [0.2, 0.25) is 0 Å². The molecule has 2 aliphatic heterocycles. The van der Waals surface area contributed by atoms with E-state index in [9.17, 15) is 8.42 Å². The molecule has 0 saturated carbocycles. The first-order chi connectivity index (χ1) is 10.8. The van der Waals surface area contributed by atoms with Gasteiger partial charge in [-0.05, 0) is 62.9 Å². The molecule has 0 amide bonds. The van der Waals surface area contributed by atoms with Gasteiger partial charge in [0, 0.05) is 31.9 Å². The van der Waals surface area contributed by atoms with E-state index in [-0.39, 0.29) is 0 Å². The smallest absolute Gasteiger partial charge is 0.175 e. The van der Waals surface area contributed by atoms with E-state index in [1.807, 2.05) is 18.2 Å². The second kappa shape index (κ2) is 6.19. The van der Waals surface area contributed by atoms with Crippen LogP contribution in [-0.2, 0) is 16.4 Å². The number of rotatable bonds is 4. The maximum atomic E-state index is 11.7. The van der Waals surface area contributed by atoms with Crippen LogP contribution in [0.2, 0.25) is 0 Å².